The summed E-state index contributed by atoms with van der Waals surface area (Å²) in [5, 5.41) is 3.02. The molecule has 5 N–H and O–H groups in total. The Labute approximate surface area is 160 Å². The quantitative estimate of drug-likeness (QED) is 0.726. The molecule has 9 heteroatoms. The van der Waals surface area contributed by atoms with Gasteiger partial charge in [-0.1, -0.05) is 0 Å². The number of fused-ring (bicyclic) bond motifs is 1. The molecule has 0 bridgehead atoms. The van der Waals surface area contributed by atoms with Gasteiger partial charge in [-0.15, -0.1) is 0 Å². The molecule has 1 saturated heterocycles. The Morgan fingerprint density at radius 1 is 1.18 bits per heavy atom. The summed E-state index contributed by atoms with van der Waals surface area (Å²) < 4.78 is 28.3. The Balaban J connectivity index is 1.51. The fourth-order valence-electron chi connectivity index (χ4n) is 3.64. The number of hydrogen-bond donors (Lipinski definition) is 3. The number of piperidine rings is 1. The van der Waals surface area contributed by atoms with Crippen LogP contribution in [0.4, 0.5) is 14.5 Å². The number of aliphatic imine (C=N–C) groups is 1. The van der Waals surface area contributed by atoms with Gasteiger partial charge in [0.1, 0.15) is 23.1 Å². The first-order chi connectivity index (χ1) is 13.4. The van der Waals surface area contributed by atoms with E-state index in [0.29, 0.717) is 43.7 Å². The van der Waals surface area contributed by atoms with Crippen molar-refractivity contribution in [3.63, 3.8) is 0 Å². The minimum Gasteiger partial charge on any atom is -0.383 e. The van der Waals surface area contributed by atoms with E-state index in [4.69, 9.17) is 11.5 Å². The molecule has 2 aliphatic rings. The smallest absolute Gasteiger partial charge is 0.255 e. The number of rotatable bonds is 2. The highest BCUT2D eigenvalue weighted by molar-refractivity contribution is 6.04. The summed E-state index contributed by atoms with van der Waals surface area (Å²) in [6, 6.07) is 5.51. The Hall–Kier alpha value is -3.07. The van der Waals surface area contributed by atoms with Crippen molar-refractivity contribution in [1.29, 1.82) is 0 Å². The van der Waals surface area contributed by atoms with Crippen LogP contribution in [0.5, 0.6) is 0 Å². The van der Waals surface area contributed by atoms with Crippen molar-refractivity contribution in [2.24, 2.45) is 16.5 Å². The molecule has 2 aromatic rings. The molecule has 3 heterocycles. The molecule has 1 aromatic carbocycles. The molecule has 1 aromatic heterocycles. The molecule has 0 radical (unpaired) electrons. The number of pyridine rings is 1. The molecule has 28 heavy (non-hydrogen) atoms. The van der Waals surface area contributed by atoms with Crippen LogP contribution in [0.2, 0.25) is 0 Å². The number of aromatic nitrogens is 1. The average molecular weight is 386 g/mol. The zero-order valence-corrected chi connectivity index (χ0v) is 15.1. The van der Waals surface area contributed by atoms with E-state index in [-0.39, 0.29) is 23.0 Å². The molecule has 1 fully saturated rings. The average Bonchev–Trinajstić information content (AvgIpc) is 2.71. The summed E-state index contributed by atoms with van der Waals surface area (Å²) >= 11 is 0. The Morgan fingerprint density at radius 3 is 2.54 bits per heavy atom. The first-order valence-corrected chi connectivity index (χ1v) is 8.98. The standard InChI is InChI=1S/C19H20F2N6O/c20-13-3-4-14(21)16-15(13)17(23)26-19(25-16)5-7-27(8-6-19)18(28)11-1-2-12(9-22)24-10-11/h1-4,10,25H,5-9,22H2,(H2,23,26). The van der Waals surface area contributed by atoms with Crippen LogP contribution in [0, 0.1) is 11.6 Å². The first-order valence-electron chi connectivity index (χ1n) is 8.98. The lowest BCUT2D eigenvalue weighted by atomic mass is 9.93. The molecule has 0 aliphatic carbocycles. The minimum atomic E-state index is -0.857. The largest absolute Gasteiger partial charge is 0.383 e. The number of benzene rings is 1. The first kappa shape index (κ1) is 18.3. The third-order valence-electron chi connectivity index (χ3n) is 5.21. The van der Waals surface area contributed by atoms with Gasteiger partial charge in [0.25, 0.3) is 5.91 Å². The van der Waals surface area contributed by atoms with Crippen molar-refractivity contribution in [1.82, 2.24) is 9.88 Å². The van der Waals surface area contributed by atoms with Crippen LogP contribution in [0.15, 0.2) is 35.5 Å². The number of carbonyl (C=O) groups excluding carboxylic acids is 1. The summed E-state index contributed by atoms with van der Waals surface area (Å²) in [6.45, 7) is 1.10. The van der Waals surface area contributed by atoms with Crippen molar-refractivity contribution >= 4 is 17.4 Å². The van der Waals surface area contributed by atoms with Crippen molar-refractivity contribution in [3.05, 3.63) is 58.9 Å². The Bertz CT molecular complexity index is 952. The maximum Gasteiger partial charge on any atom is 0.255 e. The fraction of sp³-hybridized carbons (Fsp3) is 0.316. The van der Waals surface area contributed by atoms with Gasteiger partial charge in [0.15, 0.2) is 0 Å². The zero-order chi connectivity index (χ0) is 19.9. The highest BCUT2D eigenvalue weighted by Crippen LogP contribution is 2.36. The molecule has 7 nitrogen and oxygen atoms in total. The SMILES string of the molecule is NCc1ccc(C(=O)N2CCC3(CC2)N=C(N)c2c(F)ccc(F)c2N3)cn1. The van der Waals surface area contributed by atoms with E-state index < -0.39 is 17.3 Å². The second-order valence-corrected chi connectivity index (χ2v) is 6.97. The van der Waals surface area contributed by atoms with E-state index >= 15 is 0 Å². The third kappa shape index (κ3) is 3.07. The number of nitrogens with zero attached hydrogens (tertiary/aromatic N) is 3. The van der Waals surface area contributed by atoms with Crippen LogP contribution < -0.4 is 16.8 Å². The van der Waals surface area contributed by atoms with Crippen molar-refractivity contribution < 1.29 is 13.6 Å². The predicted octanol–water partition coefficient (Wildman–Crippen LogP) is 1.58. The molecule has 0 unspecified atom stereocenters. The van der Waals surface area contributed by atoms with Gasteiger partial charge in [-0.25, -0.2) is 13.8 Å². The second-order valence-electron chi connectivity index (χ2n) is 6.97. The fourth-order valence-corrected chi connectivity index (χ4v) is 3.64. The highest BCUT2D eigenvalue weighted by atomic mass is 19.1. The number of hydrogen-bond acceptors (Lipinski definition) is 6. The van der Waals surface area contributed by atoms with Gasteiger partial charge in [-0.3, -0.25) is 9.78 Å². The minimum absolute atomic E-state index is 0.0221. The van der Waals surface area contributed by atoms with Crippen LogP contribution in [0.1, 0.15) is 34.5 Å². The summed E-state index contributed by atoms with van der Waals surface area (Å²) in [5.74, 6) is -1.39. The normalized spacial score (nSPS) is 17.7. The topological polar surface area (TPSA) is 110 Å². The predicted molar refractivity (Wildman–Crippen MR) is 101 cm³/mol. The second kappa shape index (κ2) is 6.83. The monoisotopic (exact) mass is 386 g/mol. The van der Waals surface area contributed by atoms with Crippen LogP contribution in [-0.2, 0) is 6.54 Å². The molecule has 4 rings (SSSR count). The van der Waals surface area contributed by atoms with E-state index in [2.05, 4.69) is 15.3 Å². The summed E-state index contributed by atoms with van der Waals surface area (Å²) in [7, 11) is 0. The lowest BCUT2D eigenvalue weighted by Gasteiger charge is -2.42. The number of nitrogens with one attached hydrogen (secondary N) is 1. The van der Waals surface area contributed by atoms with Gasteiger partial charge < -0.3 is 21.7 Å². The Morgan fingerprint density at radius 2 is 1.89 bits per heavy atom. The molecule has 2 aliphatic heterocycles. The lowest BCUT2D eigenvalue weighted by molar-refractivity contribution is 0.0685. The third-order valence-corrected chi connectivity index (χ3v) is 5.21. The maximum atomic E-state index is 14.2. The van der Waals surface area contributed by atoms with E-state index in [9.17, 15) is 13.6 Å². The van der Waals surface area contributed by atoms with Crippen molar-refractivity contribution in [3.8, 4) is 0 Å². The van der Waals surface area contributed by atoms with Crippen LogP contribution >= 0.6 is 0 Å². The molecule has 0 atom stereocenters. The number of nitrogens with two attached hydrogens (primary N) is 2. The zero-order valence-electron chi connectivity index (χ0n) is 15.1. The van der Waals surface area contributed by atoms with Gasteiger partial charge in [0.2, 0.25) is 0 Å². The van der Waals surface area contributed by atoms with Crippen LogP contribution in [0.25, 0.3) is 0 Å². The number of halogens is 2. The number of amidine groups is 1. The number of likely N-dealkylation sites (tertiary alicyclic amines) is 1. The van der Waals surface area contributed by atoms with E-state index in [1.54, 1.807) is 17.0 Å². The summed E-state index contributed by atoms with van der Waals surface area (Å²) in [6.07, 6.45) is 2.35. The molecule has 1 amide bonds. The number of carbonyl (C=O) groups is 1. The molecular weight excluding hydrogens is 366 g/mol. The lowest BCUT2D eigenvalue weighted by Crippen LogP contribution is -2.52. The maximum absolute atomic E-state index is 14.2. The highest BCUT2D eigenvalue weighted by Gasteiger charge is 2.40. The van der Waals surface area contributed by atoms with Crippen LogP contribution in [-0.4, -0.2) is 40.4 Å². The summed E-state index contributed by atoms with van der Waals surface area (Å²) in [4.78, 5) is 23.0. The Kier molecular flexibility index (Phi) is 4.46. The van der Waals surface area contributed by atoms with E-state index in [1.807, 2.05) is 0 Å². The van der Waals surface area contributed by atoms with Gasteiger partial charge in [-0.2, -0.15) is 0 Å². The van der Waals surface area contributed by atoms with Crippen LogP contribution in [0.3, 0.4) is 0 Å². The summed E-state index contributed by atoms with van der Waals surface area (Å²) in [5.41, 5.74) is 11.8. The van der Waals surface area contributed by atoms with Gasteiger partial charge in [0, 0.05) is 38.7 Å². The number of amides is 1. The van der Waals surface area contributed by atoms with E-state index in [1.165, 1.54) is 6.20 Å². The van der Waals surface area contributed by atoms with Crippen molar-refractivity contribution in [2.45, 2.75) is 25.0 Å². The molecule has 0 saturated carbocycles. The number of anilines is 1. The molecule has 1 spiro atoms. The van der Waals surface area contributed by atoms with Gasteiger partial charge in [0.05, 0.1) is 22.5 Å². The van der Waals surface area contributed by atoms with Gasteiger partial charge in [-0.05, 0) is 24.3 Å². The van der Waals surface area contributed by atoms with E-state index in [0.717, 1.165) is 12.1 Å². The van der Waals surface area contributed by atoms with Crippen molar-refractivity contribution in [2.75, 3.05) is 18.4 Å². The molecule has 146 valence electrons. The molecular formula is C19H20F2N6O. The van der Waals surface area contributed by atoms with Gasteiger partial charge >= 0.3 is 0 Å².